The third-order valence-corrected chi connectivity index (χ3v) is 5.86. The van der Waals surface area contributed by atoms with Crippen molar-refractivity contribution in [2.75, 3.05) is 7.05 Å². The fraction of sp³-hybridized carbons (Fsp3) is 0.286. The quantitative estimate of drug-likeness (QED) is 0.556. The van der Waals surface area contributed by atoms with E-state index in [1.165, 1.54) is 48.5 Å². The summed E-state index contributed by atoms with van der Waals surface area (Å²) in [6, 6.07) is 11.9. The molecule has 0 fully saturated rings. The third-order valence-electron chi connectivity index (χ3n) is 4.13. The number of hydrogen-bond acceptors (Lipinski definition) is 6. The highest BCUT2D eigenvalue weighted by molar-refractivity contribution is 7.91. The largest absolute Gasteiger partial charge is 0.444 e. The number of carbonyl (C=O) groups is 1. The second-order valence-corrected chi connectivity index (χ2v) is 9.75. The molecular formula is C21H23FN4O4S. The summed E-state index contributed by atoms with van der Waals surface area (Å²) in [4.78, 5) is 17.2. The monoisotopic (exact) mass is 446 g/mol. The molecule has 3 rings (SSSR count). The van der Waals surface area contributed by atoms with E-state index in [2.05, 4.69) is 10.1 Å². The van der Waals surface area contributed by atoms with Gasteiger partial charge in [-0.05, 0) is 45.0 Å². The molecule has 3 aromatic rings. The number of sulfone groups is 1. The van der Waals surface area contributed by atoms with Crippen LogP contribution in [0.2, 0.25) is 0 Å². The van der Waals surface area contributed by atoms with Crippen molar-refractivity contribution in [1.29, 1.82) is 0 Å². The van der Waals surface area contributed by atoms with Crippen molar-refractivity contribution in [3.05, 3.63) is 66.4 Å². The molecule has 0 saturated heterocycles. The maximum Gasteiger partial charge on any atom is 0.410 e. The molecule has 2 heterocycles. The van der Waals surface area contributed by atoms with Crippen LogP contribution in [0.3, 0.4) is 0 Å². The van der Waals surface area contributed by atoms with Crippen molar-refractivity contribution in [2.45, 2.75) is 42.8 Å². The Morgan fingerprint density at radius 3 is 2.45 bits per heavy atom. The summed E-state index contributed by atoms with van der Waals surface area (Å²) in [6.45, 7) is 5.18. The van der Waals surface area contributed by atoms with E-state index >= 15 is 0 Å². The number of ether oxygens (including phenoxy) is 1. The molecule has 0 spiro atoms. The van der Waals surface area contributed by atoms with Gasteiger partial charge in [-0.2, -0.15) is 9.49 Å². The molecule has 0 aliphatic rings. The summed E-state index contributed by atoms with van der Waals surface area (Å²) in [6.07, 6.45) is 0.660. The van der Waals surface area contributed by atoms with Gasteiger partial charge in [0, 0.05) is 19.3 Å². The average molecular weight is 447 g/mol. The van der Waals surface area contributed by atoms with E-state index in [1.54, 1.807) is 39.0 Å². The number of hydrogen-bond donors (Lipinski definition) is 0. The van der Waals surface area contributed by atoms with Crippen LogP contribution in [0.4, 0.5) is 9.18 Å². The molecule has 10 heteroatoms. The van der Waals surface area contributed by atoms with E-state index < -0.39 is 27.5 Å². The highest BCUT2D eigenvalue weighted by atomic mass is 32.2. The lowest BCUT2D eigenvalue weighted by atomic mass is 10.2. The summed E-state index contributed by atoms with van der Waals surface area (Å²) in [5.74, 6) is -0.873. The van der Waals surface area contributed by atoms with Crippen LogP contribution in [-0.4, -0.2) is 46.8 Å². The summed E-state index contributed by atoms with van der Waals surface area (Å²) in [5, 5.41) is 4.02. The number of rotatable bonds is 5. The first-order valence-corrected chi connectivity index (χ1v) is 10.9. The SMILES string of the molecule is CN(Cc1cc(S(=O)(=O)c2ccccc2)n(-c2cccnc2F)n1)C(=O)OC(C)(C)C. The Morgan fingerprint density at radius 2 is 1.84 bits per heavy atom. The minimum atomic E-state index is -4.03. The highest BCUT2D eigenvalue weighted by Crippen LogP contribution is 2.25. The molecular weight excluding hydrogens is 423 g/mol. The summed E-state index contributed by atoms with van der Waals surface area (Å²) in [7, 11) is -2.52. The van der Waals surface area contributed by atoms with Crippen molar-refractivity contribution in [1.82, 2.24) is 19.7 Å². The van der Waals surface area contributed by atoms with Gasteiger partial charge in [0.15, 0.2) is 5.03 Å². The maximum absolute atomic E-state index is 14.4. The summed E-state index contributed by atoms with van der Waals surface area (Å²) in [5.41, 5.74) is -0.569. The lowest BCUT2D eigenvalue weighted by Gasteiger charge is -2.24. The molecule has 0 aliphatic carbocycles. The second kappa shape index (κ2) is 8.46. The normalized spacial score (nSPS) is 11.9. The topological polar surface area (TPSA) is 94.4 Å². The van der Waals surface area contributed by atoms with Crippen LogP contribution in [0.25, 0.3) is 5.69 Å². The Balaban J connectivity index is 2.05. The minimum absolute atomic E-state index is 0.0347. The number of carbonyl (C=O) groups excluding carboxylic acids is 1. The van der Waals surface area contributed by atoms with Gasteiger partial charge in [0.2, 0.25) is 15.8 Å². The number of halogens is 1. The second-order valence-electron chi connectivity index (χ2n) is 7.85. The maximum atomic E-state index is 14.4. The molecule has 0 unspecified atom stereocenters. The van der Waals surface area contributed by atoms with Gasteiger partial charge in [-0.25, -0.2) is 22.9 Å². The fourth-order valence-corrected chi connectivity index (χ4v) is 4.17. The van der Waals surface area contributed by atoms with Crippen LogP contribution in [0.1, 0.15) is 26.5 Å². The van der Waals surface area contributed by atoms with E-state index in [9.17, 15) is 17.6 Å². The zero-order chi connectivity index (χ0) is 22.8. The summed E-state index contributed by atoms with van der Waals surface area (Å²) >= 11 is 0. The Morgan fingerprint density at radius 1 is 1.16 bits per heavy atom. The van der Waals surface area contributed by atoms with Crippen molar-refractivity contribution in [3.8, 4) is 5.69 Å². The number of amides is 1. The summed E-state index contributed by atoms with van der Waals surface area (Å²) < 4.78 is 47.2. The molecule has 0 radical (unpaired) electrons. The van der Waals surface area contributed by atoms with Gasteiger partial charge in [-0.15, -0.1) is 0 Å². The van der Waals surface area contributed by atoms with E-state index in [4.69, 9.17) is 4.74 Å². The minimum Gasteiger partial charge on any atom is -0.444 e. The van der Waals surface area contributed by atoms with Gasteiger partial charge in [0.25, 0.3) is 0 Å². The number of nitrogens with zero attached hydrogens (tertiary/aromatic N) is 4. The van der Waals surface area contributed by atoms with Crippen molar-refractivity contribution < 1.29 is 22.3 Å². The first-order valence-electron chi connectivity index (χ1n) is 9.43. The Labute approximate surface area is 180 Å². The van der Waals surface area contributed by atoms with Gasteiger partial charge in [0.1, 0.15) is 11.3 Å². The van der Waals surface area contributed by atoms with E-state index in [-0.39, 0.29) is 27.8 Å². The van der Waals surface area contributed by atoms with Gasteiger partial charge in [0.05, 0.1) is 17.1 Å². The van der Waals surface area contributed by atoms with Crippen LogP contribution in [-0.2, 0) is 21.1 Å². The van der Waals surface area contributed by atoms with E-state index in [1.807, 2.05) is 0 Å². The molecule has 0 aliphatic heterocycles. The van der Waals surface area contributed by atoms with Gasteiger partial charge >= 0.3 is 6.09 Å². The molecule has 0 saturated carbocycles. The first kappa shape index (κ1) is 22.4. The predicted molar refractivity (Wildman–Crippen MR) is 111 cm³/mol. The molecule has 2 aromatic heterocycles. The van der Waals surface area contributed by atoms with Crippen LogP contribution >= 0.6 is 0 Å². The molecule has 0 bridgehead atoms. The first-order chi connectivity index (χ1) is 14.5. The smallest absolute Gasteiger partial charge is 0.410 e. The number of benzene rings is 1. The standard InChI is InChI=1S/C21H23FN4O4S/c1-21(2,3)30-20(27)25(4)14-15-13-18(31(28,29)16-9-6-5-7-10-16)26(24-15)17-11-8-12-23-19(17)22/h5-13H,14H2,1-4H3. The molecule has 31 heavy (non-hydrogen) atoms. The van der Waals surface area contributed by atoms with Crippen molar-refractivity contribution in [2.24, 2.45) is 0 Å². The van der Waals surface area contributed by atoms with Gasteiger partial charge < -0.3 is 9.64 Å². The predicted octanol–water partition coefficient (Wildman–Crippen LogP) is 3.61. The van der Waals surface area contributed by atoms with Gasteiger partial charge in [-0.1, -0.05) is 18.2 Å². The molecule has 0 atom stereocenters. The molecule has 0 N–H and O–H groups in total. The highest BCUT2D eigenvalue weighted by Gasteiger charge is 2.27. The molecule has 1 amide bonds. The third kappa shape index (κ3) is 5.08. The molecule has 1 aromatic carbocycles. The van der Waals surface area contributed by atoms with Crippen LogP contribution in [0.5, 0.6) is 0 Å². The average Bonchev–Trinajstić information content (AvgIpc) is 3.12. The zero-order valence-corrected chi connectivity index (χ0v) is 18.4. The van der Waals surface area contributed by atoms with Crippen LogP contribution in [0, 0.1) is 5.95 Å². The Kier molecular flexibility index (Phi) is 6.12. The fourth-order valence-electron chi connectivity index (χ4n) is 2.75. The lowest BCUT2D eigenvalue weighted by molar-refractivity contribution is 0.0283. The van der Waals surface area contributed by atoms with E-state index in [0.717, 1.165) is 4.68 Å². The Bertz CT molecular complexity index is 1190. The number of aromatic nitrogens is 3. The van der Waals surface area contributed by atoms with Crippen LogP contribution < -0.4 is 0 Å². The number of pyridine rings is 1. The Hall–Kier alpha value is -3.27. The van der Waals surface area contributed by atoms with Gasteiger partial charge in [-0.3, -0.25) is 0 Å². The lowest BCUT2D eigenvalue weighted by Crippen LogP contribution is -2.33. The van der Waals surface area contributed by atoms with E-state index in [0.29, 0.717) is 0 Å². The van der Waals surface area contributed by atoms with Crippen LogP contribution in [0.15, 0.2) is 64.6 Å². The molecule has 164 valence electrons. The van der Waals surface area contributed by atoms with Crippen molar-refractivity contribution >= 4 is 15.9 Å². The molecule has 8 nitrogen and oxygen atoms in total. The zero-order valence-electron chi connectivity index (χ0n) is 17.6. The van der Waals surface area contributed by atoms with Crippen molar-refractivity contribution in [3.63, 3.8) is 0 Å².